The predicted octanol–water partition coefficient (Wildman–Crippen LogP) is 5.00. The van der Waals surface area contributed by atoms with Crippen molar-refractivity contribution in [1.29, 1.82) is 0 Å². The Balaban J connectivity index is 1.85. The summed E-state index contributed by atoms with van der Waals surface area (Å²) in [4.78, 5) is 5.84. The molecule has 0 spiro atoms. The van der Waals surface area contributed by atoms with E-state index < -0.39 is 0 Å². The van der Waals surface area contributed by atoms with Crippen molar-refractivity contribution in [3.8, 4) is 0 Å². The summed E-state index contributed by atoms with van der Waals surface area (Å²) in [7, 11) is 0. The van der Waals surface area contributed by atoms with E-state index in [1.165, 1.54) is 18.4 Å². The number of azide groups is 2. The Morgan fingerprint density at radius 2 is 1.86 bits per heavy atom. The molecule has 0 aromatic rings. The molecule has 4 unspecified atom stereocenters. The molecule has 6 heteroatoms. The molecule has 21 heavy (non-hydrogen) atoms. The second-order valence-corrected chi connectivity index (χ2v) is 7.60. The minimum atomic E-state index is -0.113. The number of rotatable bonds is 4. The summed E-state index contributed by atoms with van der Waals surface area (Å²) in [5, 5.41) is 7.62. The molecule has 0 radical (unpaired) electrons. The van der Waals surface area contributed by atoms with Gasteiger partial charge in [-0.2, -0.15) is 0 Å². The Kier molecular flexibility index (Phi) is 3.39. The quantitative estimate of drug-likeness (QED) is 0.301. The van der Waals surface area contributed by atoms with Crippen LogP contribution < -0.4 is 0 Å². The highest BCUT2D eigenvalue weighted by molar-refractivity contribution is 5.24. The van der Waals surface area contributed by atoms with Gasteiger partial charge in [-0.25, -0.2) is 0 Å². The normalized spacial score (nSPS) is 43.5. The van der Waals surface area contributed by atoms with Crippen molar-refractivity contribution >= 4 is 0 Å². The lowest BCUT2D eigenvalue weighted by molar-refractivity contribution is 0.205. The fraction of sp³-hybridized carbons (Fsp3) is 0.867. The molecule has 0 N–H and O–H groups in total. The topological polar surface area (TPSA) is 97.5 Å². The van der Waals surface area contributed by atoms with E-state index in [1.54, 1.807) is 0 Å². The molecule has 0 heterocycles. The van der Waals surface area contributed by atoms with Crippen LogP contribution in [0.5, 0.6) is 0 Å². The fourth-order valence-electron chi connectivity index (χ4n) is 5.60. The Labute approximate surface area is 124 Å². The van der Waals surface area contributed by atoms with Gasteiger partial charge in [0.2, 0.25) is 0 Å². The molecule has 2 fully saturated rings. The average molecular weight is 286 g/mol. The van der Waals surface area contributed by atoms with Crippen LogP contribution in [0.2, 0.25) is 0 Å². The lowest BCUT2D eigenvalue weighted by Crippen LogP contribution is -2.29. The van der Waals surface area contributed by atoms with Gasteiger partial charge in [-0.15, -0.1) is 0 Å². The second kappa shape index (κ2) is 4.97. The van der Waals surface area contributed by atoms with Crippen molar-refractivity contribution in [2.24, 2.45) is 38.8 Å². The number of hydrogen-bond acceptors (Lipinski definition) is 2. The molecule has 0 aromatic heterocycles. The minimum Gasteiger partial charge on any atom is -0.0934 e. The van der Waals surface area contributed by atoms with Gasteiger partial charge in [0.15, 0.2) is 0 Å². The highest BCUT2D eigenvalue weighted by Crippen LogP contribution is 2.66. The number of hydrogen-bond donors (Lipinski definition) is 0. The summed E-state index contributed by atoms with van der Waals surface area (Å²) < 4.78 is 0. The standard InChI is InChI=1S/C15H22N6/c1-10-3-4-14(2)5-11-6-15(8-18-20-16,9-19-21-17)7-12(11)13(10)14/h3,11-13H,4-9H2,1-2H3. The van der Waals surface area contributed by atoms with Crippen molar-refractivity contribution in [3.63, 3.8) is 0 Å². The maximum absolute atomic E-state index is 8.65. The average Bonchev–Trinajstić information content (AvgIpc) is 3.01. The molecule has 6 nitrogen and oxygen atoms in total. The van der Waals surface area contributed by atoms with Crippen LogP contribution in [0.4, 0.5) is 0 Å². The Morgan fingerprint density at radius 1 is 1.19 bits per heavy atom. The molecule has 4 atom stereocenters. The van der Waals surface area contributed by atoms with E-state index in [9.17, 15) is 0 Å². The van der Waals surface area contributed by atoms with Crippen LogP contribution in [0.25, 0.3) is 20.9 Å². The van der Waals surface area contributed by atoms with E-state index in [1.807, 2.05) is 0 Å². The van der Waals surface area contributed by atoms with Crippen molar-refractivity contribution < 1.29 is 0 Å². The molecule has 112 valence electrons. The molecule has 0 bridgehead atoms. The van der Waals surface area contributed by atoms with Gasteiger partial charge in [-0.1, -0.05) is 28.8 Å². The van der Waals surface area contributed by atoms with Crippen LogP contribution in [0, 0.1) is 28.6 Å². The van der Waals surface area contributed by atoms with Gasteiger partial charge in [0.1, 0.15) is 0 Å². The zero-order valence-corrected chi connectivity index (χ0v) is 12.7. The van der Waals surface area contributed by atoms with Crippen LogP contribution in [0.3, 0.4) is 0 Å². The molecule has 0 saturated heterocycles. The summed E-state index contributed by atoms with van der Waals surface area (Å²) in [5.41, 5.74) is 19.2. The van der Waals surface area contributed by atoms with Crippen LogP contribution in [0.1, 0.15) is 39.5 Å². The van der Waals surface area contributed by atoms with E-state index in [2.05, 4.69) is 40.0 Å². The molecular formula is C15H22N6. The first-order chi connectivity index (χ1) is 10.0. The lowest BCUT2D eigenvalue weighted by atomic mass is 9.73. The summed E-state index contributed by atoms with van der Waals surface area (Å²) in [5.74, 6) is 2.02. The first-order valence-electron chi connectivity index (χ1n) is 7.72. The zero-order valence-electron chi connectivity index (χ0n) is 12.7. The molecule has 3 aliphatic carbocycles. The van der Waals surface area contributed by atoms with Crippen LogP contribution in [-0.2, 0) is 0 Å². The SMILES string of the molecule is CC1=CCC2(C)CC3CC(CN=[N+]=[N-])(CN=[N+]=[N-])CC3C12. The molecule has 0 aromatic carbocycles. The summed E-state index contributed by atoms with van der Waals surface area (Å²) in [6, 6.07) is 0. The third-order valence-corrected chi connectivity index (χ3v) is 6.20. The molecule has 3 rings (SSSR count). The number of fused-ring (bicyclic) bond motifs is 3. The summed E-state index contributed by atoms with van der Waals surface area (Å²) in [6.07, 6.45) is 6.93. The highest BCUT2D eigenvalue weighted by atomic mass is 15.2. The lowest BCUT2D eigenvalue weighted by Gasteiger charge is -2.33. The maximum Gasteiger partial charge on any atom is 0.0316 e. The molecule has 3 aliphatic rings. The van der Waals surface area contributed by atoms with Gasteiger partial charge in [0.25, 0.3) is 0 Å². The van der Waals surface area contributed by atoms with Gasteiger partial charge in [-0.3, -0.25) is 0 Å². The smallest absolute Gasteiger partial charge is 0.0316 e. The van der Waals surface area contributed by atoms with Crippen LogP contribution >= 0.6 is 0 Å². The third kappa shape index (κ3) is 2.19. The van der Waals surface area contributed by atoms with E-state index in [4.69, 9.17) is 11.1 Å². The monoisotopic (exact) mass is 286 g/mol. The van der Waals surface area contributed by atoms with E-state index in [-0.39, 0.29) is 5.41 Å². The van der Waals surface area contributed by atoms with Gasteiger partial charge >= 0.3 is 0 Å². The summed E-state index contributed by atoms with van der Waals surface area (Å²) in [6.45, 7) is 5.61. The molecule has 0 amide bonds. The van der Waals surface area contributed by atoms with Gasteiger partial charge in [-0.05, 0) is 72.3 Å². The van der Waals surface area contributed by atoms with Crippen molar-refractivity contribution in [2.45, 2.75) is 39.5 Å². The number of allylic oxidation sites excluding steroid dienone is 2. The Hall–Kier alpha value is -1.64. The van der Waals surface area contributed by atoms with Gasteiger partial charge in [0, 0.05) is 22.9 Å². The zero-order chi connectivity index (χ0) is 15.1. The van der Waals surface area contributed by atoms with Crippen molar-refractivity contribution in [1.82, 2.24) is 0 Å². The highest BCUT2D eigenvalue weighted by Gasteiger charge is 2.58. The fourth-order valence-corrected chi connectivity index (χ4v) is 5.60. The van der Waals surface area contributed by atoms with Gasteiger partial charge in [0.05, 0.1) is 0 Å². The Morgan fingerprint density at radius 3 is 2.48 bits per heavy atom. The molecular weight excluding hydrogens is 264 g/mol. The van der Waals surface area contributed by atoms with Gasteiger partial charge < -0.3 is 0 Å². The first-order valence-corrected chi connectivity index (χ1v) is 7.72. The Bertz CT molecular complexity index is 549. The largest absolute Gasteiger partial charge is 0.0934 e. The predicted molar refractivity (Wildman–Crippen MR) is 81.3 cm³/mol. The van der Waals surface area contributed by atoms with Crippen molar-refractivity contribution in [3.05, 3.63) is 32.5 Å². The third-order valence-electron chi connectivity index (χ3n) is 6.20. The van der Waals surface area contributed by atoms with Crippen molar-refractivity contribution in [2.75, 3.05) is 13.1 Å². The van der Waals surface area contributed by atoms with E-state index in [0.717, 1.165) is 12.8 Å². The molecule has 0 aliphatic heterocycles. The number of nitrogens with zero attached hydrogens (tertiary/aromatic N) is 6. The maximum atomic E-state index is 8.65. The minimum absolute atomic E-state index is 0.113. The van der Waals surface area contributed by atoms with Crippen LogP contribution in [0.15, 0.2) is 21.9 Å². The second-order valence-electron chi connectivity index (χ2n) is 7.60. The van der Waals surface area contributed by atoms with E-state index >= 15 is 0 Å². The summed E-state index contributed by atoms with van der Waals surface area (Å²) >= 11 is 0. The van der Waals surface area contributed by atoms with Crippen LogP contribution in [-0.4, -0.2) is 13.1 Å². The molecule has 2 saturated carbocycles. The first kappa shape index (κ1) is 14.3. The van der Waals surface area contributed by atoms with E-state index in [0.29, 0.717) is 36.3 Å².